The fourth-order valence-electron chi connectivity index (χ4n) is 3.61. The monoisotopic (exact) mass is 445 g/mol. The highest BCUT2D eigenvalue weighted by Gasteiger charge is 2.29. The molecule has 0 fully saturated rings. The van der Waals surface area contributed by atoms with Crippen LogP contribution in [0.25, 0.3) is 11.1 Å². The predicted molar refractivity (Wildman–Crippen MR) is 112 cm³/mol. The highest BCUT2D eigenvalue weighted by Crippen LogP contribution is 2.44. The molecule has 0 saturated heterocycles. The van der Waals surface area contributed by atoms with Crippen molar-refractivity contribution in [1.29, 1.82) is 0 Å². The number of carbonyl (C=O) groups excluding carboxylic acids is 1. The van der Waals surface area contributed by atoms with Crippen molar-refractivity contribution in [3.05, 3.63) is 87.2 Å². The molecule has 0 saturated carbocycles. The largest absolute Gasteiger partial charge is 0.478 e. The van der Waals surface area contributed by atoms with Crippen LogP contribution < -0.4 is 5.32 Å². The summed E-state index contributed by atoms with van der Waals surface area (Å²) < 4.78 is 19.3. The van der Waals surface area contributed by atoms with Gasteiger partial charge < -0.3 is 9.84 Å². The second-order valence-corrected chi connectivity index (χ2v) is 7.42. The zero-order valence-corrected chi connectivity index (χ0v) is 16.8. The van der Waals surface area contributed by atoms with Gasteiger partial charge in [0.25, 0.3) is 0 Å². The lowest BCUT2D eigenvalue weighted by atomic mass is 9.98. The minimum absolute atomic E-state index is 0.0240. The maximum absolute atomic E-state index is 13.9. The lowest BCUT2D eigenvalue weighted by molar-refractivity contribution is 0.0696. The Hall–Kier alpha value is -3.09. The van der Waals surface area contributed by atoms with Gasteiger partial charge in [-0.2, -0.15) is 0 Å². The third-order valence-electron chi connectivity index (χ3n) is 4.96. The summed E-state index contributed by atoms with van der Waals surface area (Å²) in [5, 5.41) is 10.5. The Balaban J connectivity index is 1.55. The van der Waals surface area contributed by atoms with E-state index in [9.17, 15) is 14.0 Å². The number of ether oxygens (including phenoxy) is 1. The number of amides is 1. The standard InChI is InChI=1S/C22H14Cl2FNO4/c23-18-15(21(27)28)9-17(25)19(24)20(18)26-22(29)30-10-16-13-7-3-1-5-11(13)12-6-2-4-8-14(12)16/h1-9,16H,10H2,(H,26,29)(H,27,28). The normalized spacial score (nSPS) is 12.2. The summed E-state index contributed by atoms with van der Waals surface area (Å²) in [6.45, 7) is 0.0240. The molecule has 8 heteroatoms. The fraction of sp³-hybridized carbons (Fsp3) is 0.0909. The average molecular weight is 446 g/mol. The Bertz CT molecular complexity index is 1140. The molecule has 0 aromatic heterocycles. The van der Waals surface area contributed by atoms with Gasteiger partial charge in [-0.25, -0.2) is 14.0 Å². The van der Waals surface area contributed by atoms with Crippen LogP contribution in [0.4, 0.5) is 14.9 Å². The molecule has 0 bridgehead atoms. The molecule has 0 unspecified atom stereocenters. The van der Waals surface area contributed by atoms with Crippen LogP contribution >= 0.6 is 23.2 Å². The van der Waals surface area contributed by atoms with E-state index in [1.165, 1.54) is 0 Å². The molecule has 0 atom stereocenters. The van der Waals surface area contributed by atoms with E-state index in [1.54, 1.807) is 0 Å². The summed E-state index contributed by atoms with van der Waals surface area (Å²) in [5.41, 5.74) is 3.33. The van der Waals surface area contributed by atoms with E-state index in [-0.39, 0.29) is 23.2 Å². The Labute approximate surface area is 181 Å². The summed E-state index contributed by atoms with van der Waals surface area (Å²) in [6.07, 6.45) is -0.928. The number of nitrogens with one attached hydrogen (secondary N) is 1. The van der Waals surface area contributed by atoms with Gasteiger partial charge in [0, 0.05) is 5.92 Å². The molecule has 1 aliphatic rings. The minimum Gasteiger partial charge on any atom is -0.478 e. The molecule has 0 heterocycles. The van der Waals surface area contributed by atoms with E-state index in [0.29, 0.717) is 6.07 Å². The second-order valence-electron chi connectivity index (χ2n) is 6.66. The zero-order chi connectivity index (χ0) is 21.4. The molecule has 0 spiro atoms. The van der Waals surface area contributed by atoms with Crippen molar-refractivity contribution in [3.8, 4) is 11.1 Å². The Kier molecular flexibility index (Phi) is 5.37. The predicted octanol–water partition coefficient (Wildman–Crippen LogP) is 6.19. The molecule has 5 nitrogen and oxygen atoms in total. The third kappa shape index (κ3) is 3.49. The number of hydrogen-bond donors (Lipinski definition) is 2. The SMILES string of the molecule is O=C(Nc1c(Cl)c(F)cc(C(=O)O)c1Cl)OCC1c2ccccc2-c2ccccc21. The summed E-state index contributed by atoms with van der Waals surface area (Å²) in [4.78, 5) is 23.6. The number of rotatable bonds is 4. The van der Waals surface area contributed by atoms with Crippen LogP contribution in [0.15, 0.2) is 54.6 Å². The second kappa shape index (κ2) is 7.97. The van der Waals surface area contributed by atoms with E-state index in [2.05, 4.69) is 5.32 Å². The molecule has 0 radical (unpaired) electrons. The number of carboxylic acids is 1. The van der Waals surface area contributed by atoms with E-state index in [0.717, 1.165) is 22.3 Å². The van der Waals surface area contributed by atoms with Gasteiger partial charge in [-0.05, 0) is 28.3 Å². The van der Waals surface area contributed by atoms with Gasteiger partial charge in [-0.3, -0.25) is 5.32 Å². The fourth-order valence-corrected chi connectivity index (χ4v) is 4.13. The molecule has 3 aromatic rings. The zero-order valence-electron chi connectivity index (χ0n) is 15.3. The molecule has 1 amide bonds. The Morgan fingerprint density at radius 3 is 2.13 bits per heavy atom. The third-order valence-corrected chi connectivity index (χ3v) is 5.72. The molecule has 4 rings (SSSR count). The van der Waals surface area contributed by atoms with Crippen molar-refractivity contribution in [3.63, 3.8) is 0 Å². The molecule has 30 heavy (non-hydrogen) atoms. The van der Waals surface area contributed by atoms with Crippen LogP contribution in [0.5, 0.6) is 0 Å². The number of aromatic carboxylic acids is 1. The number of hydrogen-bond acceptors (Lipinski definition) is 3. The van der Waals surface area contributed by atoms with Gasteiger partial charge >= 0.3 is 12.1 Å². The van der Waals surface area contributed by atoms with Crippen LogP contribution in [-0.4, -0.2) is 23.8 Å². The van der Waals surface area contributed by atoms with Crippen molar-refractivity contribution in [2.24, 2.45) is 0 Å². The maximum Gasteiger partial charge on any atom is 0.411 e. The summed E-state index contributed by atoms with van der Waals surface area (Å²) in [5.74, 6) is -2.64. The van der Waals surface area contributed by atoms with E-state index in [1.807, 2.05) is 48.5 Å². The Morgan fingerprint density at radius 2 is 1.57 bits per heavy atom. The first-order chi connectivity index (χ1) is 14.4. The van der Waals surface area contributed by atoms with Crippen molar-refractivity contribution in [1.82, 2.24) is 0 Å². The van der Waals surface area contributed by atoms with Gasteiger partial charge in [-0.1, -0.05) is 71.7 Å². The quantitative estimate of drug-likeness (QED) is 0.469. The van der Waals surface area contributed by atoms with Crippen LogP contribution in [0.1, 0.15) is 27.4 Å². The summed E-state index contributed by atoms with van der Waals surface area (Å²) >= 11 is 11.8. The minimum atomic E-state index is -1.45. The molecule has 3 aromatic carbocycles. The molecular weight excluding hydrogens is 432 g/mol. The van der Waals surface area contributed by atoms with Crippen LogP contribution in [0.2, 0.25) is 10.0 Å². The van der Waals surface area contributed by atoms with E-state index in [4.69, 9.17) is 33.0 Å². The first-order valence-electron chi connectivity index (χ1n) is 8.91. The van der Waals surface area contributed by atoms with Crippen LogP contribution in [0, 0.1) is 5.82 Å². The summed E-state index contributed by atoms with van der Waals surface area (Å²) in [6, 6.07) is 16.4. The number of benzene rings is 3. The van der Waals surface area contributed by atoms with Crippen molar-refractivity contribution >= 4 is 41.0 Å². The maximum atomic E-state index is 13.9. The molecule has 2 N–H and O–H groups in total. The van der Waals surface area contributed by atoms with E-state index < -0.39 is 28.5 Å². The molecule has 152 valence electrons. The van der Waals surface area contributed by atoms with Crippen LogP contribution in [-0.2, 0) is 4.74 Å². The molecule has 0 aliphatic heterocycles. The van der Waals surface area contributed by atoms with E-state index >= 15 is 0 Å². The molecule has 1 aliphatic carbocycles. The number of fused-ring (bicyclic) bond motifs is 3. The lowest BCUT2D eigenvalue weighted by Gasteiger charge is -2.16. The van der Waals surface area contributed by atoms with Gasteiger partial charge in [-0.15, -0.1) is 0 Å². The number of carboxylic acid groups (broad SMARTS) is 1. The van der Waals surface area contributed by atoms with Crippen molar-refractivity contribution in [2.45, 2.75) is 5.92 Å². The highest BCUT2D eigenvalue weighted by atomic mass is 35.5. The topological polar surface area (TPSA) is 75.6 Å². The first kappa shape index (κ1) is 20.2. The van der Waals surface area contributed by atoms with Crippen molar-refractivity contribution < 1.29 is 23.8 Å². The number of carbonyl (C=O) groups is 2. The van der Waals surface area contributed by atoms with Crippen LogP contribution in [0.3, 0.4) is 0 Å². The van der Waals surface area contributed by atoms with Gasteiger partial charge in [0.2, 0.25) is 0 Å². The van der Waals surface area contributed by atoms with Crippen molar-refractivity contribution in [2.75, 3.05) is 11.9 Å². The van der Waals surface area contributed by atoms with Gasteiger partial charge in [0.1, 0.15) is 17.4 Å². The van der Waals surface area contributed by atoms with Gasteiger partial charge in [0.15, 0.2) is 0 Å². The smallest absolute Gasteiger partial charge is 0.411 e. The lowest BCUT2D eigenvalue weighted by Crippen LogP contribution is -2.19. The van der Waals surface area contributed by atoms with Gasteiger partial charge in [0.05, 0.1) is 16.3 Å². The first-order valence-corrected chi connectivity index (χ1v) is 9.67. The number of halogens is 3. The molecular formula is C22H14Cl2FNO4. The number of anilines is 1. The Morgan fingerprint density at radius 1 is 1.00 bits per heavy atom. The highest BCUT2D eigenvalue weighted by molar-refractivity contribution is 6.41. The summed E-state index contributed by atoms with van der Waals surface area (Å²) in [7, 11) is 0. The average Bonchev–Trinajstić information content (AvgIpc) is 3.06.